The van der Waals surface area contributed by atoms with E-state index in [0.717, 1.165) is 46.2 Å². The molecule has 41 heavy (non-hydrogen) atoms. The number of nitrogens with zero attached hydrogens (tertiary/aromatic N) is 7. The second-order valence-corrected chi connectivity index (χ2v) is 10.1. The Labute approximate surface area is 233 Å². The van der Waals surface area contributed by atoms with E-state index in [1.807, 2.05) is 17.0 Å². The quantitative estimate of drug-likeness (QED) is 0.295. The van der Waals surface area contributed by atoms with Gasteiger partial charge >= 0.3 is 6.03 Å². The largest absolute Gasteiger partial charge is 0.335 e. The number of aromatic amines is 2. The van der Waals surface area contributed by atoms with Crippen molar-refractivity contribution < 1.29 is 9.18 Å². The molecule has 12 heteroatoms. The van der Waals surface area contributed by atoms with Crippen molar-refractivity contribution in [1.82, 2.24) is 44.9 Å². The van der Waals surface area contributed by atoms with Crippen LogP contribution >= 0.6 is 0 Å². The number of imidazole rings is 1. The summed E-state index contributed by atoms with van der Waals surface area (Å²) >= 11 is 0. The topological polar surface area (TPSA) is 132 Å². The van der Waals surface area contributed by atoms with E-state index in [1.54, 1.807) is 43.1 Å². The number of piperazine rings is 1. The minimum absolute atomic E-state index is 0.137. The Balaban J connectivity index is 1.20. The van der Waals surface area contributed by atoms with Crippen LogP contribution in [0, 0.1) is 5.82 Å². The molecular formula is C29H25FN10O. The Morgan fingerprint density at radius 3 is 2.54 bits per heavy atom. The number of H-pyrrole nitrogens is 2. The molecule has 1 aromatic carbocycles. The van der Waals surface area contributed by atoms with Crippen molar-refractivity contribution in [2.45, 2.75) is 0 Å². The van der Waals surface area contributed by atoms with Crippen molar-refractivity contribution in [1.29, 1.82) is 0 Å². The summed E-state index contributed by atoms with van der Waals surface area (Å²) in [5, 5.41) is 11.2. The third-order valence-electron chi connectivity index (χ3n) is 7.31. The molecule has 11 nitrogen and oxygen atoms in total. The summed E-state index contributed by atoms with van der Waals surface area (Å²) in [5.74, 6) is 0.270. The number of hydrogen-bond acceptors (Lipinski definition) is 7. The average molecular weight is 549 g/mol. The van der Waals surface area contributed by atoms with E-state index in [9.17, 15) is 9.18 Å². The van der Waals surface area contributed by atoms with Gasteiger partial charge in [-0.3, -0.25) is 15.1 Å². The van der Waals surface area contributed by atoms with Crippen LogP contribution in [0.15, 0.2) is 67.4 Å². The molecule has 204 valence electrons. The van der Waals surface area contributed by atoms with Gasteiger partial charge in [0.15, 0.2) is 11.5 Å². The van der Waals surface area contributed by atoms with Gasteiger partial charge in [-0.15, -0.1) is 0 Å². The van der Waals surface area contributed by atoms with Crippen LogP contribution in [0.5, 0.6) is 0 Å². The average Bonchev–Trinajstić information content (AvgIpc) is 3.62. The molecule has 1 saturated heterocycles. The first kappa shape index (κ1) is 24.8. The number of amides is 2. The Kier molecular flexibility index (Phi) is 6.08. The Hall–Kier alpha value is -5.23. The summed E-state index contributed by atoms with van der Waals surface area (Å²) in [5.41, 5.74) is 6.47. The molecule has 2 amide bonds. The van der Waals surface area contributed by atoms with Crippen molar-refractivity contribution in [3.8, 4) is 33.8 Å². The predicted molar refractivity (Wildman–Crippen MR) is 153 cm³/mol. The van der Waals surface area contributed by atoms with E-state index < -0.39 is 0 Å². The number of benzene rings is 1. The second kappa shape index (κ2) is 10.1. The normalized spacial score (nSPS) is 14.1. The zero-order valence-corrected chi connectivity index (χ0v) is 22.1. The summed E-state index contributed by atoms with van der Waals surface area (Å²) in [6.07, 6.45) is 8.51. The van der Waals surface area contributed by atoms with Crippen molar-refractivity contribution in [3.05, 3.63) is 73.2 Å². The lowest BCUT2D eigenvalue weighted by Gasteiger charge is -2.32. The highest BCUT2D eigenvalue weighted by atomic mass is 19.1. The zero-order chi connectivity index (χ0) is 27.9. The third kappa shape index (κ3) is 4.74. The van der Waals surface area contributed by atoms with Gasteiger partial charge in [-0.1, -0.05) is 12.1 Å². The summed E-state index contributed by atoms with van der Waals surface area (Å²) in [4.78, 5) is 38.2. The molecule has 1 fully saturated rings. The van der Waals surface area contributed by atoms with Crippen LogP contribution in [-0.2, 0) is 0 Å². The Morgan fingerprint density at radius 2 is 1.71 bits per heavy atom. The highest BCUT2D eigenvalue weighted by Gasteiger charge is 2.20. The fourth-order valence-corrected chi connectivity index (χ4v) is 5.01. The minimum atomic E-state index is -0.304. The van der Waals surface area contributed by atoms with Crippen LogP contribution in [0.2, 0.25) is 0 Å². The molecule has 0 bridgehead atoms. The second-order valence-electron chi connectivity index (χ2n) is 10.1. The molecular weight excluding hydrogens is 523 g/mol. The summed E-state index contributed by atoms with van der Waals surface area (Å²) in [6, 6.07) is 9.96. The predicted octanol–water partition coefficient (Wildman–Crippen LogP) is 4.54. The van der Waals surface area contributed by atoms with Crippen LogP contribution in [0.4, 0.5) is 14.9 Å². The van der Waals surface area contributed by atoms with Gasteiger partial charge < -0.3 is 20.1 Å². The fraction of sp³-hybridized carbons (Fsp3) is 0.172. The molecule has 1 aliphatic heterocycles. The van der Waals surface area contributed by atoms with Crippen molar-refractivity contribution in [3.63, 3.8) is 0 Å². The number of hydrogen-bond donors (Lipinski definition) is 3. The van der Waals surface area contributed by atoms with E-state index in [4.69, 9.17) is 4.98 Å². The summed E-state index contributed by atoms with van der Waals surface area (Å²) in [6.45, 7) is 3.06. The van der Waals surface area contributed by atoms with Gasteiger partial charge in [0.25, 0.3) is 0 Å². The number of urea groups is 1. The molecule has 7 rings (SSSR count). The van der Waals surface area contributed by atoms with Crippen LogP contribution in [0.3, 0.4) is 0 Å². The molecule has 6 aromatic rings. The molecule has 0 atom stereocenters. The minimum Gasteiger partial charge on any atom is -0.335 e. The molecule has 5 aromatic heterocycles. The number of carbonyl (C=O) groups is 1. The van der Waals surface area contributed by atoms with Crippen LogP contribution in [-0.4, -0.2) is 84.2 Å². The van der Waals surface area contributed by atoms with E-state index in [0.29, 0.717) is 41.5 Å². The molecule has 1 aliphatic rings. The molecule has 0 saturated carbocycles. The number of pyridine rings is 3. The van der Waals surface area contributed by atoms with Crippen molar-refractivity contribution >= 4 is 33.8 Å². The number of rotatable bonds is 4. The van der Waals surface area contributed by atoms with Crippen LogP contribution in [0.1, 0.15) is 0 Å². The molecule has 0 spiro atoms. The van der Waals surface area contributed by atoms with E-state index in [-0.39, 0.29) is 11.8 Å². The van der Waals surface area contributed by atoms with E-state index >= 15 is 0 Å². The number of fused-ring (bicyclic) bond motifs is 2. The van der Waals surface area contributed by atoms with E-state index in [1.165, 1.54) is 12.1 Å². The highest BCUT2D eigenvalue weighted by molar-refractivity contribution is 5.97. The number of anilines is 1. The van der Waals surface area contributed by atoms with Crippen LogP contribution in [0.25, 0.3) is 55.8 Å². The van der Waals surface area contributed by atoms with Gasteiger partial charge in [0.05, 0.1) is 34.5 Å². The first-order valence-corrected chi connectivity index (χ1v) is 13.2. The lowest BCUT2D eigenvalue weighted by molar-refractivity contribution is 0.164. The molecule has 0 unspecified atom stereocenters. The highest BCUT2D eigenvalue weighted by Crippen LogP contribution is 2.32. The van der Waals surface area contributed by atoms with Gasteiger partial charge in [0.2, 0.25) is 0 Å². The maximum absolute atomic E-state index is 13.5. The number of nitrogens with one attached hydrogen (secondary N) is 3. The van der Waals surface area contributed by atoms with E-state index in [2.05, 4.69) is 47.4 Å². The monoisotopic (exact) mass is 548 g/mol. The molecule has 3 N–H and O–H groups in total. The molecule has 0 radical (unpaired) electrons. The lowest BCUT2D eigenvalue weighted by Crippen LogP contribution is -2.48. The molecule has 6 heterocycles. The third-order valence-corrected chi connectivity index (χ3v) is 7.31. The zero-order valence-electron chi connectivity index (χ0n) is 22.1. The van der Waals surface area contributed by atoms with Gasteiger partial charge in [-0.2, -0.15) is 5.10 Å². The standard InChI is InChI=1S/C29H25FN10O/c1-39-6-8-40(9-7-39)29(41)34-21-10-18(12-31-14-21)19-11-22-26(37-38-27(22)33-13-19)28-35-24-16-32-15-23(25(24)36-28)17-2-4-20(30)5-3-17/h2-5,10-16H,6-9H2,1H3,(H,34,41)(H,35,36)(H,33,37,38). The van der Waals surface area contributed by atoms with Gasteiger partial charge in [-0.25, -0.2) is 19.2 Å². The van der Waals surface area contributed by atoms with Gasteiger partial charge in [0, 0.05) is 61.5 Å². The molecule has 0 aliphatic carbocycles. The maximum Gasteiger partial charge on any atom is 0.321 e. The first-order chi connectivity index (χ1) is 20.0. The fourth-order valence-electron chi connectivity index (χ4n) is 5.01. The van der Waals surface area contributed by atoms with Gasteiger partial charge in [0.1, 0.15) is 11.5 Å². The van der Waals surface area contributed by atoms with Crippen molar-refractivity contribution in [2.75, 3.05) is 38.5 Å². The number of carbonyl (C=O) groups excluding carboxylic acids is 1. The number of aromatic nitrogens is 7. The lowest BCUT2D eigenvalue weighted by atomic mass is 10.1. The number of likely N-dealkylation sites (N-methyl/N-ethyl adjacent to an activating group) is 1. The smallest absolute Gasteiger partial charge is 0.321 e. The maximum atomic E-state index is 13.5. The number of halogens is 1. The van der Waals surface area contributed by atoms with Gasteiger partial charge in [-0.05, 0) is 36.9 Å². The Bertz CT molecular complexity index is 1890. The van der Waals surface area contributed by atoms with Crippen molar-refractivity contribution in [2.24, 2.45) is 0 Å². The SMILES string of the molecule is CN1CCN(C(=O)Nc2cncc(-c3cnc4n[nH]c(-c5nc6c(-c7ccc(F)cc7)cncc6[nH]5)c4c3)c2)CC1. The summed E-state index contributed by atoms with van der Waals surface area (Å²) in [7, 11) is 2.05. The summed E-state index contributed by atoms with van der Waals surface area (Å²) < 4.78 is 13.5. The first-order valence-electron chi connectivity index (χ1n) is 13.2. The Morgan fingerprint density at radius 1 is 0.927 bits per heavy atom. The van der Waals surface area contributed by atoms with Crippen LogP contribution < -0.4 is 5.32 Å².